The molecule has 0 spiro atoms. The first-order valence-corrected chi connectivity index (χ1v) is 6.09. The van der Waals surface area contributed by atoms with Crippen molar-refractivity contribution in [3.63, 3.8) is 0 Å². The molecule has 0 aliphatic heterocycles. The lowest BCUT2D eigenvalue weighted by molar-refractivity contribution is -0.137. The van der Waals surface area contributed by atoms with Crippen LogP contribution in [0.2, 0.25) is 0 Å². The van der Waals surface area contributed by atoms with Gasteiger partial charge in [0.1, 0.15) is 5.75 Å². The Bertz CT molecular complexity index is 460. The first-order chi connectivity index (χ1) is 9.00. The average molecular weight is 266 g/mol. The number of rotatable bonds is 7. The van der Waals surface area contributed by atoms with Crippen LogP contribution in [0.1, 0.15) is 36.0 Å². The van der Waals surface area contributed by atoms with E-state index in [9.17, 15) is 14.7 Å². The number of aliphatic carboxylic acids is 1. The average Bonchev–Trinajstić information content (AvgIpc) is 2.32. The van der Waals surface area contributed by atoms with Gasteiger partial charge in [0.25, 0.3) is 5.91 Å². The predicted molar refractivity (Wildman–Crippen MR) is 71.0 cm³/mol. The first-order valence-electron chi connectivity index (χ1n) is 6.09. The SMILES string of the molecule is Nc1ccc(C(=O)NCCCCCC(=O)O)c(O)c1. The number of benzene rings is 1. The van der Waals surface area contributed by atoms with Gasteiger partial charge in [-0.2, -0.15) is 0 Å². The van der Waals surface area contributed by atoms with E-state index >= 15 is 0 Å². The van der Waals surface area contributed by atoms with E-state index in [1.54, 1.807) is 6.07 Å². The zero-order valence-electron chi connectivity index (χ0n) is 10.6. The molecule has 0 aliphatic carbocycles. The summed E-state index contributed by atoms with van der Waals surface area (Å²) in [6, 6.07) is 4.33. The quantitative estimate of drug-likeness (QED) is 0.439. The summed E-state index contributed by atoms with van der Waals surface area (Å²) in [6.45, 7) is 0.447. The van der Waals surface area contributed by atoms with Gasteiger partial charge in [-0.05, 0) is 25.0 Å². The van der Waals surface area contributed by atoms with E-state index in [0.29, 0.717) is 25.1 Å². The number of unbranched alkanes of at least 4 members (excludes halogenated alkanes) is 2. The maximum atomic E-state index is 11.7. The van der Waals surface area contributed by atoms with Crippen LogP contribution >= 0.6 is 0 Å². The number of carboxylic acid groups (broad SMARTS) is 1. The molecule has 19 heavy (non-hydrogen) atoms. The largest absolute Gasteiger partial charge is 0.507 e. The molecule has 0 aliphatic rings. The fourth-order valence-corrected chi connectivity index (χ4v) is 1.62. The molecular weight excluding hydrogens is 248 g/mol. The molecule has 1 amide bonds. The van der Waals surface area contributed by atoms with Crippen molar-refractivity contribution in [1.29, 1.82) is 0 Å². The second-order valence-corrected chi connectivity index (χ2v) is 4.24. The highest BCUT2D eigenvalue weighted by Crippen LogP contribution is 2.19. The van der Waals surface area contributed by atoms with Gasteiger partial charge in [0, 0.05) is 24.7 Å². The molecule has 5 N–H and O–H groups in total. The minimum atomic E-state index is -0.809. The molecule has 0 saturated heterocycles. The van der Waals surface area contributed by atoms with Crippen molar-refractivity contribution in [3.8, 4) is 5.75 Å². The molecule has 0 radical (unpaired) electrons. The van der Waals surface area contributed by atoms with Crippen LogP contribution in [0.15, 0.2) is 18.2 Å². The van der Waals surface area contributed by atoms with E-state index in [0.717, 1.165) is 6.42 Å². The Kier molecular flexibility index (Phi) is 5.66. The summed E-state index contributed by atoms with van der Waals surface area (Å²) < 4.78 is 0. The fourth-order valence-electron chi connectivity index (χ4n) is 1.62. The van der Waals surface area contributed by atoms with Crippen molar-refractivity contribution in [2.24, 2.45) is 0 Å². The highest BCUT2D eigenvalue weighted by atomic mass is 16.4. The summed E-state index contributed by atoms with van der Waals surface area (Å²) in [5.41, 5.74) is 6.04. The van der Waals surface area contributed by atoms with Crippen molar-refractivity contribution in [3.05, 3.63) is 23.8 Å². The number of carbonyl (C=O) groups excluding carboxylic acids is 1. The summed E-state index contributed by atoms with van der Waals surface area (Å²) in [5, 5.41) is 20.7. The molecule has 1 rings (SSSR count). The Morgan fingerprint density at radius 2 is 1.95 bits per heavy atom. The Labute approximate surface area is 111 Å². The monoisotopic (exact) mass is 266 g/mol. The smallest absolute Gasteiger partial charge is 0.303 e. The third-order valence-corrected chi connectivity index (χ3v) is 2.62. The number of hydrogen-bond acceptors (Lipinski definition) is 4. The lowest BCUT2D eigenvalue weighted by atomic mass is 10.1. The Hall–Kier alpha value is -2.24. The summed E-state index contributed by atoms with van der Waals surface area (Å²) in [6.07, 6.45) is 2.18. The van der Waals surface area contributed by atoms with E-state index in [-0.39, 0.29) is 23.6 Å². The van der Waals surface area contributed by atoms with Crippen molar-refractivity contribution in [2.45, 2.75) is 25.7 Å². The molecule has 0 fully saturated rings. The molecule has 0 bridgehead atoms. The van der Waals surface area contributed by atoms with Crippen LogP contribution in [0.4, 0.5) is 5.69 Å². The molecule has 0 saturated carbocycles. The predicted octanol–water partition coefficient (Wildman–Crippen LogP) is 1.35. The van der Waals surface area contributed by atoms with Crippen molar-refractivity contribution < 1.29 is 19.8 Å². The molecule has 6 nitrogen and oxygen atoms in total. The van der Waals surface area contributed by atoms with Gasteiger partial charge in [-0.15, -0.1) is 0 Å². The van der Waals surface area contributed by atoms with Gasteiger partial charge < -0.3 is 21.3 Å². The van der Waals surface area contributed by atoms with E-state index in [1.165, 1.54) is 12.1 Å². The number of phenolic OH excluding ortho intramolecular Hbond substituents is 1. The van der Waals surface area contributed by atoms with Crippen molar-refractivity contribution in [2.75, 3.05) is 12.3 Å². The molecular formula is C13H18N2O4. The molecule has 0 unspecified atom stereocenters. The fraction of sp³-hybridized carbons (Fsp3) is 0.385. The second kappa shape index (κ2) is 7.25. The maximum Gasteiger partial charge on any atom is 0.303 e. The van der Waals surface area contributed by atoms with E-state index in [1.807, 2.05) is 0 Å². The summed E-state index contributed by atoms with van der Waals surface area (Å²) in [7, 11) is 0. The van der Waals surface area contributed by atoms with Crippen LogP contribution in [0.25, 0.3) is 0 Å². The van der Waals surface area contributed by atoms with Gasteiger partial charge in [0.2, 0.25) is 0 Å². The summed E-state index contributed by atoms with van der Waals surface area (Å²) >= 11 is 0. The zero-order chi connectivity index (χ0) is 14.3. The third-order valence-electron chi connectivity index (χ3n) is 2.62. The standard InChI is InChI=1S/C13H18N2O4/c14-9-5-6-10(11(16)8-9)13(19)15-7-3-1-2-4-12(17)18/h5-6,8,16H,1-4,7,14H2,(H,15,19)(H,17,18). The topological polar surface area (TPSA) is 113 Å². The lowest BCUT2D eigenvalue weighted by Crippen LogP contribution is -2.24. The van der Waals surface area contributed by atoms with Gasteiger partial charge in [0.05, 0.1) is 5.56 Å². The summed E-state index contributed by atoms with van der Waals surface area (Å²) in [5.74, 6) is -1.32. The van der Waals surface area contributed by atoms with Gasteiger partial charge in [-0.25, -0.2) is 0 Å². The lowest BCUT2D eigenvalue weighted by Gasteiger charge is -2.07. The number of phenols is 1. The zero-order valence-corrected chi connectivity index (χ0v) is 10.6. The number of carbonyl (C=O) groups is 2. The molecule has 1 aromatic rings. The number of anilines is 1. The van der Waals surface area contributed by atoms with E-state index in [4.69, 9.17) is 10.8 Å². The Morgan fingerprint density at radius 1 is 1.21 bits per heavy atom. The number of amides is 1. The minimum absolute atomic E-state index is 0.146. The van der Waals surface area contributed by atoms with Crippen LogP contribution < -0.4 is 11.1 Å². The number of hydrogen-bond donors (Lipinski definition) is 4. The molecule has 0 aromatic heterocycles. The van der Waals surface area contributed by atoms with Crippen molar-refractivity contribution in [1.82, 2.24) is 5.32 Å². The second-order valence-electron chi connectivity index (χ2n) is 4.24. The molecule has 104 valence electrons. The summed E-state index contributed by atoms with van der Waals surface area (Å²) in [4.78, 5) is 22.0. The molecule has 1 aromatic carbocycles. The van der Waals surface area contributed by atoms with Crippen LogP contribution in [-0.2, 0) is 4.79 Å². The number of nitrogens with two attached hydrogens (primary N) is 1. The van der Waals surface area contributed by atoms with Crippen LogP contribution in [0, 0.1) is 0 Å². The molecule has 0 heterocycles. The van der Waals surface area contributed by atoms with Gasteiger partial charge in [-0.3, -0.25) is 9.59 Å². The first kappa shape index (κ1) is 14.8. The number of aromatic hydroxyl groups is 1. The number of carboxylic acids is 1. The highest BCUT2D eigenvalue weighted by molar-refractivity contribution is 5.97. The normalized spacial score (nSPS) is 10.1. The molecule has 6 heteroatoms. The van der Waals surface area contributed by atoms with Crippen molar-refractivity contribution >= 4 is 17.6 Å². The van der Waals surface area contributed by atoms with Gasteiger partial charge in [0.15, 0.2) is 0 Å². The Morgan fingerprint density at radius 3 is 2.58 bits per heavy atom. The van der Waals surface area contributed by atoms with Crippen LogP contribution in [0.5, 0.6) is 5.75 Å². The van der Waals surface area contributed by atoms with Gasteiger partial charge >= 0.3 is 5.97 Å². The van der Waals surface area contributed by atoms with Crippen LogP contribution in [-0.4, -0.2) is 28.6 Å². The number of nitrogens with one attached hydrogen (secondary N) is 1. The molecule has 0 atom stereocenters. The highest BCUT2D eigenvalue weighted by Gasteiger charge is 2.10. The maximum absolute atomic E-state index is 11.7. The number of nitrogen functional groups attached to an aromatic ring is 1. The minimum Gasteiger partial charge on any atom is -0.507 e. The van der Waals surface area contributed by atoms with Crippen LogP contribution in [0.3, 0.4) is 0 Å². The van der Waals surface area contributed by atoms with E-state index in [2.05, 4.69) is 5.32 Å². The van der Waals surface area contributed by atoms with E-state index < -0.39 is 5.97 Å². The van der Waals surface area contributed by atoms with Gasteiger partial charge in [-0.1, -0.05) is 6.42 Å². The third kappa shape index (κ3) is 5.29. The Balaban J connectivity index is 2.29.